The standard InChI is InChI=1S/C11H14O4S/c1-3-16(12,13)15-9-8-10-4-6-11(14-2)7-5-10/h3-7H,1,8-9H2,2H3. The largest absolute Gasteiger partial charge is 0.497 e. The van der Waals surface area contributed by atoms with E-state index < -0.39 is 10.1 Å². The molecule has 0 aromatic heterocycles. The Morgan fingerprint density at radius 3 is 2.44 bits per heavy atom. The van der Waals surface area contributed by atoms with Gasteiger partial charge >= 0.3 is 0 Å². The second kappa shape index (κ2) is 5.67. The molecule has 0 aliphatic carbocycles. The molecule has 5 heteroatoms. The van der Waals surface area contributed by atoms with Gasteiger partial charge in [0.05, 0.1) is 19.1 Å². The van der Waals surface area contributed by atoms with Crippen LogP contribution >= 0.6 is 0 Å². The van der Waals surface area contributed by atoms with Crippen molar-refractivity contribution < 1.29 is 17.3 Å². The number of benzene rings is 1. The van der Waals surface area contributed by atoms with Crippen molar-refractivity contribution in [3.63, 3.8) is 0 Å². The lowest BCUT2D eigenvalue weighted by molar-refractivity contribution is 0.328. The van der Waals surface area contributed by atoms with Crippen LogP contribution in [0, 0.1) is 0 Å². The first-order valence-electron chi connectivity index (χ1n) is 4.72. The third-order valence-electron chi connectivity index (χ3n) is 2.00. The van der Waals surface area contributed by atoms with Crippen LogP contribution in [0.1, 0.15) is 5.56 Å². The maximum Gasteiger partial charge on any atom is 0.289 e. The Kier molecular flexibility index (Phi) is 4.52. The first-order chi connectivity index (χ1) is 7.57. The lowest BCUT2D eigenvalue weighted by Gasteiger charge is -2.03. The molecule has 0 spiro atoms. The minimum absolute atomic E-state index is 0.112. The number of rotatable bonds is 6. The summed E-state index contributed by atoms with van der Waals surface area (Å²) in [5.41, 5.74) is 0.986. The maximum absolute atomic E-state index is 10.9. The Balaban J connectivity index is 2.46. The number of hydrogen-bond donors (Lipinski definition) is 0. The van der Waals surface area contributed by atoms with E-state index in [1.54, 1.807) is 7.11 Å². The van der Waals surface area contributed by atoms with Gasteiger partial charge in [0.15, 0.2) is 0 Å². The lowest BCUT2D eigenvalue weighted by atomic mass is 10.1. The summed E-state index contributed by atoms with van der Waals surface area (Å²) in [6, 6.07) is 7.36. The van der Waals surface area contributed by atoms with Gasteiger partial charge in [-0.3, -0.25) is 4.18 Å². The highest BCUT2D eigenvalue weighted by Crippen LogP contribution is 2.11. The van der Waals surface area contributed by atoms with Crippen molar-refractivity contribution in [2.45, 2.75) is 6.42 Å². The molecule has 0 N–H and O–H groups in total. The highest BCUT2D eigenvalue weighted by Gasteiger charge is 2.04. The molecular weight excluding hydrogens is 228 g/mol. The van der Waals surface area contributed by atoms with Crippen molar-refractivity contribution in [3.8, 4) is 5.75 Å². The number of ether oxygens (including phenoxy) is 1. The van der Waals surface area contributed by atoms with E-state index in [-0.39, 0.29) is 6.61 Å². The highest BCUT2D eigenvalue weighted by atomic mass is 32.2. The van der Waals surface area contributed by atoms with E-state index in [9.17, 15) is 8.42 Å². The zero-order valence-corrected chi connectivity index (χ0v) is 9.87. The van der Waals surface area contributed by atoms with Gasteiger partial charge in [-0.25, -0.2) is 0 Å². The van der Waals surface area contributed by atoms with Crippen molar-refractivity contribution >= 4 is 10.1 Å². The van der Waals surface area contributed by atoms with E-state index in [1.165, 1.54) is 0 Å². The van der Waals surface area contributed by atoms with Gasteiger partial charge in [-0.05, 0) is 24.1 Å². The van der Waals surface area contributed by atoms with Gasteiger partial charge in [0.25, 0.3) is 10.1 Å². The molecule has 0 saturated carbocycles. The molecule has 0 heterocycles. The molecule has 0 aliphatic heterocycles. The lowest BCUT2D eigenvalue weighted by Crippen LogP contribution is -2.05. The normalized spacial score (nSPS) is 11.1. The van der Waals surface area contributed by atoms with Gasteiger partial charge < -0.3 is 4.74 Å². The Hall–Kier alpha value is -1.33. The summed E-state index contributed by atoms with van der Waals surface area (Å²) in [5.74, 6) is 0.767. The summed E-state index contributed by atoms with van der Waals surface area (Å²) in [6.45, 7) is 3.26. The van der Waals surface area contributed by atoms with E-state index in [0.29, 0.717) is 6.42 Å². The Morgan fingerprint density at radius 1 is 1.31 bits per heavy atom. The summed E-state index contributed by atoms with van der Waals surface area (Å²) >= 11 is 0. The van der Waals surface area contributed by atoms with Gasteiger partial charge in [-0.2, -0.15) is 8.42 Å². The minimum Gasteiger partial charge on any atom is -0.497 e. The second-order valence-corrected chi connectivity index (χ2v) is 4.63. The summed E-state index contributed by atoms with van der Waals surface area (Å²) < 4.78 is 31.5. The fourth-order valence-corrected chi connectivity index (χ4v) is 1.53. The van der Waals surface area contributed by atoms with Crippen LogP contribution in [-0.2, 0) is 20.7 Å². The van der Waals surface area contributed by atoms with Crippen LogP contribution in [0.4, 0.5) is 0 Å². The monoisotopic (exact) mass is 242 g/mol. The van der Waals surface area contributed by atoms with Gasteiger partial charge in [-0.15, -0.1) is 0 Å². The van der Waals surface area contributed by atoms with E-state index in [4.69, 9.17) is 4.74 Å². The predicted octanol–water partition coefficient (Wildman–Crippen LogP) is 1.73. The molecule has 0 aliphatic rings. The van der Waals surface area contributed by atoms with Crippen LogP contribution < -0.4 is 4.74 Å². The Bertz CT molecular complexity index is 434. The Morgan fingerprint density at radius 2 is 1.94 bits per heavy atom. The van der Waals surface area contributed by atoms with E-state index in [0.717, 1.165) is 16.7 Å². The molecule has 0 bridgehead atoms. The van der Waals surface area contributed by atoms with Crippen molar-refractivity contribution in [2.24, 2.45) is 0 Å². The van der Waals surface area contributed by atoms with Gasteiger partial charge in [0, 0.05) is 0 Å². The summed E-state index contributed by atoms with van der Waals surface area (Å²) in [6.07, 6.45) is 0.525. The van der Waals surface area contributed by atoms with Crippen LogP contribution in [0.3, 0.4) is 0 Å². The average Bonchev–Trinajstić information content (AvgIpc) is 2.30. The SMILES string of the molecule is C=CS(=O)(=O)OCCc1ccc(OC)cc1. The fraction of sp³-hybridized carbons (Fsp3) is 0.273. The molecule has 0 atom stereocenters. The van der Waals surface area contributed by atoms with Crippen LogP contribution in [-0.4, -0.2) is 22.1 Å². The number of methoxy groups -OCH3 is 1. The fourth-order valence-electron chi connectivity index (χ4n) is 1.12. The molecule has 1 aromatic rings. The molecule has 0 unspecified atom stereocenters. The maximum atomic E-state index is 10.9. The molecule has 88 valence electrons. The summed E-state index contributed by atoms with van der Waals surface area (Å²) in [5, 5.41) is 0.793. The Labute approximate surface area is 95.6 Å². The average molecular weight is 242 g/mol. The highest BCUT2D eigenvalue weighted by molar-refractivity contribution is 7.89. The van der Waals surface area contributed by atoms with Crippen molar-refractivity contribution in [1.29, 1.82) is 0 Å². The third-order valence-corrected chi connectivity index (χ3v) is 2.90. The molecule has 0 fully saturated rings. The van der Waals surface area contributed by atoms with Crippen LogP contribution in [0.5, 0.6) is 5.75 Å². The summed E-state index contributed by atoms with van der Waals surface area (Å²) in [7, 11) is -1.97. The molecule has 0 radical (unpaired) electrons. The topological polar surface area (TPSA) is 52.6 Å². The van der Waals surface area contributed by atoms with Crippen LogP contribution in [0.15, 0.2) is 36.3 Å². The molecule has 4 nitrogen and oxygen atoms in total. The molecule has 0 amide bonds. The zero-order chi connectivity index (χ0) is 12.0. The molecule has 1 rings (SSSR count). The number of hydrogen-bond acceptors (Lipinski definition) is 4. The second-order valence-electron chi connectivity index (χ2n) is 3.08. The molecule has 16 heavy (non-hydrogen) atoms. The zero-order valence-electron chi connectivity index (χ0n) is 9.05. The molecular formula is C11H14O4S. The van der Waals surface area contributed by atoms with Crippen molar-refractivity contribution in [1.82, 2.24) is 0 Å². The first-order valence-corrected chi connectivity index (χ1v) is 6.19. The van der Waals surface area contributed by atoms with Crippen molar-refractivity contribution in [3.05, 3.63) is 41.8 Å². The van der Waals surface area contributed by atoms with Crippen LogP contribution in [0.2, 0.25) is 0 Å². The van der Waals surface area contributed by atoms with Gasteiger partial charge in [0.1, 0.15) is 5.75 Å². The van der Waals surface area contributed by atoms with Crippen molar-refractivity contribution in [2.75, 3.05) is 13.7 Å². The van der Waals surface area contributed by atoms with E-state index in [2.05, 4.69) is 10.8 Å². The van der Waals surface area contributed by atoms with E-state index in [1.807, 2.05) is 24.3 Å². The molecule has 0 saturated heterocycles. The summed E-state index contributed by atoms with van der Waals surface area (Å²) in [4.78, 5) is 0. The van der Waals surface area contributed by atoms with E-state index >= 15 is 0 Å². The molecule has 1 aromatic carbocycles. The minimum atomic E-state index is -3.56. The quantitative estimate of drug-likeness (QED) is 0.713. The van der Waals surface area contributed by atoms with Crippen LogP contribution in [0.25, 0.3) is 0 Å². The van der Waals surface area contributed by atoms with Gasteiger partial charge in [0.2, 0.25) is 0 Å². The predicted molar refractivity (Wildman–Crippen MR) is 61.8 cm³/mol. The first kappa shape index (κ1) is 12.7. The third kappa shape index (κ3) is 4.04. The van der Waals surface area contributed by atoms with Gasteiger partial charge in [-0.1, -0.05) is 18.7 Å². The smallest absolute Gasteiger partial charge is 0.289 e.